The normalized spacial score (nSPS) is 9.81. The van der Waals surface area contributed by atoms with E-state index in [-0.39, 0.29) is 37.3 Å². The number of ether oxygens (including phenoxy) is 1. The molecule has 0 aliphatic heterocycles. The first kappa shape index (κ1) is 17.2. The summed E-state index contributed by atoms with van der Waals surface area (Å²) in [5, 5.41) is 5.02. The van der Waals surface area contributed by atoms with Crippen LogP contribution in [0.15, 0.2) is 28.7 Å². The van der Waals surface area contributed by atoms with Gasteiger partial charge in [-0.3, -0.25) is 14.4 Å². The van der Waals surface area contributed by atoms with Crippen molar-refractivity contribution < 1.29 is 19.1 Å². The number of benzene rings is 1. The second-order valence-electron chi connectivity index (χ2n) is 4.09. The number of carbonyl (C=O) groups excluding carboxylic acids is 3. The number of esters is 1. The molecule has 0 radical (unpaired) electrons. The summed E-state index contributed by atoms with van der Waals surface area (Å²) in [5.74, 6) is -1.05. The van der Waals surface area contributed by atoms with Crippen LogP contribution in [-0.2, 0) is 14.3 Å². The van der Waals surface area contributed by atoms with Gasteiger partial charge in [0.2, 0.25) is 5.91 Å². The summed E-state index contributed by atoms with van der Waals surface area (Å²) in [4.78, 5) is 34.3. The highest BCUT2D eigenvalue weighted by Gasteiger charge is 2.08. The van der Waals surface area contributed by atoms with E-state index in [0.29, 0.717) is 12.2 Å². The first-order chi connectivity index (χ1) is 10.0. The van der Waals surface area contributed by atoms with Crippen molar-refractivity contribution in [1.29, 1.82) is 0 Å². The van der Waals surface area contributed by atoms with Crippen LogP contribution in [0.4, 0.5) is 0 Å². The van der Waals surface area contributed by atoms with Crippen LogP contribution >= 0.6 is 15.9 Å². The highest BCUT2D eigenvalue weighted by molar-refractivity contribution is 9.10. The predicted molar refractivity (Wildman–Crippen MR) is 80.7 cm³/mol. The largest absolute Gasteiger partial charge is 0.466 e. The number of nitrogens with one attached hydrogen (secondary N) is 2. The van der Waals surface area contributed by atoms with E-state index in [0.717, 1.165) is 4.47 Å². The molecule has 0 atom stereocenters. The van der Waals surface area contributed by atoms with E-state index in [2.05, 4.69) is 26.6 Å². The highest BCUT2D eigenvalue weighted by Crippen LogP contribution is 2.10. The van der Waals surface area contributed by atoms with Gasteiger partial charge in [-0.15, -0.1) is 0 Å². The van der Waals surface area contributed by atoms with E-state index in [1.165, 1.54) is 0 Å². The van der Waals surface area contributed by atoms with E-state index in [1.807, 2.05) is 0 Å². The molecule has 114 valence electrons. The van der Waals surface area contributed by atoms with Crippen LogP contribution in [0.5, 0.6) is 0 Å². The van der Waals surface area contributed by atoms with Crippen LogP contribution in [0.3, 0.4) is 0 Å². The number of halogens is 1. The number of amides is 2. The molecule has 7 heteroatoms. The van der Waals surface area contributed by atoms with E-state index >= 15 is 0 Å². The summed E-state index contributed by atoms with van der Waals surface area (Å²) in [5.41, 5.74) is 0.470. The molecule has 0 bridgehead atoms. The molecule has 1 aromatic rings. The van der Waals surface area contributed by atoms with Crippen molar-refractivity contribution in [3.05, 3.63) is 34.3 Å². The van der Waals surface area contributed by atoms with Crippen molar-refractivity contribution in [3.63, 3.8) is 0 Å². The Kier molecular flexibility index (Phi) is 7.45. The zero-order chi connectivity index (χ0) is 15.7. The minimum absolute atomic E-state index is 0.111. The Balaban J connectivity index is 2.25. The maximum Gasteiger partial charge on any atom is 0.307 e. The van der Waals surface area contributed by atoms with Gasteiger partial charge in [0.1, 0.15) is 0 Å². The number of hydrogen-bond acceptors (Lipinski definition) is 4. The maximum absolute atomic E-state index is 11.7. The van der Waals surface area contributed by atoms with E-state index in [1.54, 1.807) is 31.2 Å². The summed E-state index contributed by atoms with van der Waals surface area (Å²) in [6, 6.07) is 6.79. The van der Waals surface area contributed by atoms with Crippen LogP contribution in [0.2, 0.25) is 0 Å². The standard InChI is InChI=1S/C14H17BrN2O4/c1-2-21-13(19)7-8-16-12(18)9-17-14(20)10-3-5-11(15)6-4-10/h3-6H,2,7-9H2,1H3,(H,16,18)(H,17,20). The Labute approximate surface area is 131 Å². The molecule has 0 heterocycles. The van der Waals surface area contributed by atoms with Crippen molar-refractivity contribution >= 4 is 33.7 Å². The van der Waals surface area contributed by atoms with Crippen LogP contribution in [0.25, 0.3) is 0 Å². The van der Waals surface area contributed by atoms with Gasteiger partial charge in [-0.25, -0.2) is 0 Å². The van der Waals surface area contributed by atoms with Crippen LogP contribution in [0.1, 0.15) is 23.7 Å². The first-order valence-electron chi connectivity index (χ1n) is 6.49. The smallest absolute Gasteiger partial charge is 0.307 e. The van der Waals surface area contributed by atoms with Gasteiger partial charge in [-0.1, -0.05) is 15.9 Å². The lowest BCUT2D eigenvalue weighted by atomic mass is 10.2. The third kappa shape index (κ3) is 6.89. The fraction of sp³-hybridized carbons (Fsp3) is 0.357. The fourth-order valence-corrected chi connectivity index (χ4v) is 1.73. The van der Waals surface area contributed by atoms with Crippen molar-refractivity contribution in [2.24, 2.45) is 0 Å². The summed E-state index contributed by atoms with van der Waals surface area (Å²) >= 11 is 3.27. The second kappa shape index (κ2) is 9.12. The summed E-state index contributed by atoms with van der Waals surface area (Å²) in [7, 11) is 0. The predicted octanol–water partition coefficient (Wildman–Crippen LogP) is 1.25. The Bertz CT molecular complexity index is 502. The molecule has 0 aromatic heterocycles. The average Bonchev–Trinajstić information content (AvgIpc) is 2.46. The summed E-state index contributed by atoms with van der Waals surface area (Å²) < 4.78 is 5.60. The zero-order valence-electron chi connectivity index (χ0n) is 11.6. The molecule has 0 spiro atoms. The monoisotopic (exact) mass is 356 g/mol. The van der Waals surface area contributed by atoms with Gasteiger partial charge in [0, 0.05) is 16.6 Å². The molecule has 6 nitrogen and oxygen atoms in total. The molecular weight excluding hydrogens is 340 g/mol. The van der Waals surface area contributed by atoms with E-state index < -0.39 is 0 Å². The van der Waals surface area contributed by atoms with Gasteiger partial charge in [0.05, 0.1) is 19.6 Å². The van der Waals surface area contributed by atoms with Crippen molar-refractivity contribution in [3.8, 4) is 0 Å². The summed E-state index contributed by atoms with van der Waals surface area (Å²) in [6.07, 6.45) is 0.111. The minimum atomic E-state index is -0.364. The maximum atomic E-state index is 11.7. The third-order valence-corrected chi connectivity index (χ3v) is 3.00. The fourth-order valence-electron chi connectivity index (χ4n) is 1.46. The topological polar surface area (TPSA) is 84.5 Å². The first-order valence-corrected chi connectivity index (χ1v) is 7.28. The molecule has 0 fully saturated rings. The van der Waals surface area contributed by atoms with Crippen molar-refractivity contribution in [2.45, 2.75) is 13.3 Å². The van der Waals surface area contributed by atoms with E-state index in [9.17, 15) is 14.4 Å². The van der Waals surface area contributed by atoms with E-state index in [4.69, 9.17) is 4.74 Å². The van der Waals surface area contributed by atoms with Crippen LogP contribution in [0, 0.1) is 0 Å². The highest BCUT2D eigenvalue weighted by atomic mass is 79.9. The third-order valence-electron chi connectivity index (χ3n) is 2.47. The number of carbonyl (C=O) groups is 3. The van der Waals surface area contributed by atoms with Crippen LogP contribution in [-0.4, -0.2) is 37.5 Å². The second-order valence-corrected chi connectivity index (χ2v) is 5.01. The van der Waals surface area contributed by atoms with Gasteiger partial charge in [-0.2, -0.15) is 0 Å². The lowest BCUT2D eigenvalue weighted by Crippen LogP contribution is -2.37. The molecule has 2 amide bonds. The Hall–Kier alpha value is -1.89. The van der Waals surface area contributed by atoms with Gasteiger partial charge in [0.25, 0.3) is 5.91 Å². The molecule has 0 unspecified atom stereocenters. The quantitative estimate of drug-likeness (QED) is 0.720. The zero-order valence-corrected chi connectivity index (χ0v) is 13.2. The molecule has 0 aliphatic rings. The SMILES string of the molecule is CCOC(=O)CCNC(=O)CNC(=O)c1ccc(Br)cc1. The van der Waals surface area contributed by atoms with Gasteiger partial charge in [-0.05, 0) is 31.2 Å². The lowest BCUT2D eigenvalue weighted by molar-refractivity contribution is -0.143. The summed E-state index contributed by atoms with van der Waals surface area (Å²) in [6.45, 7) is 2.08. The Morgan fingerprint density at radius 3 is 2.43 bits per heavy atom. The molecule has 1 rings (SSSR count). The van der Waals surface area contributed by atoms with Gasteiger partial charge in [0.15, 0.2) is 0 Å². The Morgan fingerprint density at radius 2 is 1.81 bits per heavy atom. The Morgan fingerprint density at radius 1 is 1.14 bits per heavy atom. The minimum Gasteiger partial charge on any atom is -0.466 e. The van der Waals surface area contributed by atoms with Crippen LogP contribution < -0.4 is 10.6 Å². The number of hydrogen-bond donors (Lipinski definition) is 2. The van der Waals surface area contributed by atoms with Gasteiger partial charge < -0.3 is 15.4 Å². The van der Waals surface area contributed by atoms with Crippen molar-refractivity contribution in [1.82, 2.24) is 10.6 Å². The van der Waals surface area contributed by atoms with Crippen molar-refractivity contribution in [2.75, 3.05) is 19.7 Å². The molecule has 0 aliphatic carbocycles. The molecule has 0 saturated carbocycles. The molecule has 2 N–H and O–H groups in total. The molecule has 21 heavy (non-hydrogen) atoms. The molecule has 1 aromatic carbocycles. The van der Waals surface area contributed by atoms with Gasteiger partial charge >= 0.3 is 5.97 Å². The molecular formula is C14H17BrN2O4. The molecule has 0 saturated heterocycles. The lowest BCUT2D eigenvalue weighted by Gasteiger charge is -2.07. The average molecular weight is 357 g/mol. The number of rotatable bonds is 7.